The van der Waals surface area contributed by atoms with E-state index in [1.54, 1.807) is 6.92 Å². The highest BCUT2D eigenvalue weighted by atomic mass is 32.1. The lowest BCUT2D eigenvalue weighted by atomic mass is 9.86. The van der Waals surface area contributed by atoms with Gasteiger partial charge in [0.1, 0.15) is 5.56 Å². The van der Waals surface area contributed by atoms with Gasteiger partial charge >= 0.3 is 7.12 Å². The third-order valence-electron chi connectivity index (χ3n) is 5.13. The van der Waals surface area contributed by atoms with Gasteiger partial charge in [-0.3, -0.25) is 25.0 Å². The second-order valence-corrected chi connectivity index (χ2v) is 8.63. The molecule has 1 aliphatic heterocycles. The van der Waals surface area contributed by atoms with Crippen molar-refractivity contribution in [1.29, 1.82) is 0 Å². The molecule has 0 atom stereocenters. The maximum Gasteiger partial charge on any atom is 0.507 e. The van der Waals surface area contributed by atoms with Crippen LogP contribution < -0.4 is 4.78 Å². The molecule has 3 rings (SSSR count). The summed E-state index contributed by atoms with van der Waals surface area (Å²) in [6, 6.07) is 2.89. The summed E-state index contributed by atoms with van der Waals surface area (Å²) in [5, 5.41) is 22.2. The Morgan fingerprint density at radius 2 is 1.69 bits per heavy atom. The summed E-state index contributed by atoms with van der Waals surface area (Å²) in [6.07, 6.45) is 0. The third-order valence-corrected chi connectivity index (χ3v) is 6.31. The summed E-state index contributed by atoms with van der Waals surface area (Å²) in [4.78, 5) is 37.8. The number of ketones is 1. The van der Waals surface area contributed by atoms with E-state index in [0.29, 0.717) is 10.5 Å². The van der Waals surface area contributed by atoms with Gasteiger partial charge in [-0.2, -0.15) is 0 Å². The second kappa shape index (κ2) is 6.97. The van der Waals surface area contributed by atoms with Gasteiger partial charge in [0, 0.05) is 11.8 Å². The minimum atomic E-state index is -0.824. The molecule has 0 radical (unpaired) electrons. The maximum atomic E-state index is 12.9. The SMILES string of the molecule is Cc1nc(C(=O)c2ccc([N+](=O)[O-])cc2[N+](=O)[O-])sc1B1OC(C)(C)C(C)(C)O1. The number of hydrogen-bond donors (Lipinski definition) is 0. The molecule has 1 aliphatic rings. The largest absolute Gasteiger partial charge is 0.507 e. The summed E-state index contributed by atoms with van der Waals surface area (Å²) >= 11 is 1.02. The van der Waals surface area contributed by atoms with Crippen molar-refractivity contribution in [2.24, 2.45) is 0 Å². The van der Waals surface area contributed by atoms with E-state index in [2.05, 4.69) is 4.98 Å². The Balaban J connectivity index is 1.98. The number of aryl methyl sites for hydroxylation is 1. The molecule has 1 aromatic heterocycles. The fraction of sp³-hybridized carbons (Fsp3) is 0.412. The molecule has 0 aliphatic carbocycles. The molecule has 2 heterocycles. The van der Waals surface area contributed by atoms with E-state index in [-0.39, 0.29) is 10.6 Å². The van der Waals surface area contributed by atoms with Crippen LogP contribution in [0.1, 0.15) is 48.8 Å². The van der Waals surface area contributed by atoms with Crippen molar-refractivity contribution in [2.45, 2.75) is 45.8 Å². The lowest BCUT2D eigenvalue weighted by Crippen LogP contribution is -2.41. The molecule has 0 unspecified atom stereocenters. The summed E-state index contributed by atoms with van der Waals surface area (Å²) in [7, 11) is -0.717. The predicted molar refractivity (Wildman–Crippen MR) is 106 cm³/mol. The highest BCUT2D eigenvalue weighted by Crippen LogP contribution is 2.37. The average molecular weight is 419 g/mol. The van der Waals surface area contributed by atoms with Crippen LogP contribution in [0, 0.1) is 27.2 Å². The standard InChI is InChI=1S/C17H18BN3O7S/c1-9-14(18-27-16(2,3)17(4,5)28-18)29-15(19-9)13(22)11-7-6-10(20(23)24)8-12(11)21(25)26/h6-8H,1-5H3. The number of carbonyl (C=O) groups excluding carboxylic acids is 1. The van der Waals surface area contributed by atoms with Crippen LogP contribution in [0.25, 0.3) is 0 Å². The number of nitro benzene ring substituents is 2. The molecule has 0 spiro atoms. The number of nitro groups is 2. The number of non-ortho nitro benzene ring substituents is 1. The van der Waals surface area contributed by atoms with E-state index in [1.165, 1.54) is 0 Å². The van der Waals surface area contributed by atoms with Crippen LogP contribution in [0.5, 0.6) is 0 Å². The highest BCUT2D eigenvalue weighted by molar-refractivity contribution is 7.23. The van der Waals surface area contributed by atoms with Gasteiger partial charge in [0.05, 0.1) is 31.9 Å². The van der Waals surface area contributed by atoms with Crippen LogP contribution in [-0.2, 0) is 9.31 Å². The van der Waals surface area contributed by atoms with E-state index in [0.717, 1.165) is 29.5 Å². The molecule has 0 bridgehead atoms. The van der Waals surface area contributed by atoms with Gasteiger partial charge in [-0.05, 0) is 40.7 Å². The summed E-state index contributed by atoms with van der Waals surface area (Å²) in [5.74, 6) is -0.692. The van der Waals surface area contributed by atoms with Gasteiger partial charge in [0.25, 0.3) is 11.4 Å². The van der Waals surface area contributed by atoms with Crippen molar-refractivity contribution in [3.8, 4) is 0 Å². The van der Waals surface area contributed by atoms with Crippen LogP contribution in [0.15, 0.2) is 18.2 Å². The fourth-order valence-electron chi connectivity index (χ4n) is 2.77. The Labute approximate surface area is 170 Å². The normalized spacial score (nSPS) is 17.3. The van der Waals surface area contributed by atoms with Crippen LogP contribution in [0.4, 0.5) is 11.4 Å². The second-order valence-electron chi connectivity index (χ2n) is 7.60. The zero-order valence-electron chi connectivity index (χ0n) is 16.4. The van der Waals surface area contributed by atoms with Crippen molar-refractivity contribution < 1.29 is 23.9 Å². The van der Waals surface area contributed by atoms with E-state index in [1.807, 2.05) is 27.7 Å². The molecule has 1 saturated heterocycles. The molecule has 0 saturated carbocycles. The van der Waals surface area contributed by atoms with Crippen molar-refractivity contribution in [3.05, 3.63) is 54.7 Å². The van der Waals surface area contributed by atoms with E-state index >= 15 is 0 Å². The molecule has 10 nitrogen and oxygen atoms in total. The first-order chi connectivity index (χ1) is 13.3. The van der Waals surface area contributed by atoms with Crippen LogP contribution >= 0.6 is 11.3 Å². The number of thiazole rings is 1. The first-order valence-electron chi connectivity index (χ1n) is 8.64. The highest BCUT2D eigenvalue weighted by Gasteiger charge is 2.53. The molecule has 2 aromatic rings. The van der Waals surface area contributed by atoms with Crippen LogP contribution in [-0.4, -0.2) is 38.9 Å². The summed E-state index contributed by atoms with van der Waals surface area (Å²) < 4.78 is 12.6. The first-order valence-corrected chi connectivity index (χ1v) is 9.46. The predicted octanol–water partition coefficient (Wildman–Crippen LogP) is 2.80. The lowest BCUT2D eigenvalue weighted by Gasteiger charge is -2.32. The number of carbonyl (C=O) groups is 1. The fourth-order valence-corrected chi connectivity index (χ4v) is 3.75. The number of nitrogens with zero attached hydrogens (tertiary/aromatic N) is 3. The smallest absolute Gasteiger partial charge is 0.399 e. The maximum absolute atomic E-state index is 12.9. The van der Waals surface area contributed by atoms with Crippen LogP contribution in [0.2, 0.25) is 0 Å². The van der Waals surface area contributed by atoms with E-state index < -0.39 is 45.3 Å². The Morgan fingerprint density at radius 3 is 2.21 bits per heavy atom. The van der Waals surface area contributed by atoms with E-state index in [4.69, 9.17) is 9.31 Å². The van der Waals surface area contributed by atoms with Gasteiger partial charge in [0.15, 0.2) is 5.01 Å². The van der Waals surface area contributed by atoms with Gasteiger partial charge in [0.2, 0.25) is 5.78 Å². The van der Waals surface area contributed by atoms with Gasteiger partial charge in [-0.1, -0.05) is 0 Å². The molecular formula is C17H18BN3O7S. The van der Waals surface area contributed by atoms with Gasteiger partial charge < -0.3 is 9.31 Å². The minimum Gasteiger partial charge on any atom is -0.399 e. The Morgan fingerprint density at radius 1 is 1.10 bits per heavy atom. The van der Waals surface area contributed by atoms with Crippen molar-refractivity contribution in [1.82, 2.24) is 4.98 Å². The minimum absolute atomic E-state index is 0.0177. The average Bonchev–Trinajstić information content (AvgIpc) is 3.10. The third kappa shape index (κ3) is 3.66. The molecule has 29 heavy (non-hydrogen) atoms. The summed E-state index contributed by atoms with van der Waals surface area (Å²) in [6.45, 7) is 9.29. The van der Waals surface area contributed by atoms with Crippen LogP contribution in [0.3, 0.4) is 0 Å². The van der Waals surface area contributed by atoms with E-state index in [9.17, 15) is 25.0 Å². The monoisotopic (exact) mass is 419 g/mol. The number of rotatable bonds is 5. The lowest BCUT2D eigenvalue weighted by molar-refractivity contribution is -0.394. The molecular weight excluding hydrogens is 401 g/mol. The van der Waals surface area contributed by atoms with Crippen molar-refractivity contribution >= 4 is 40.4 Å². The topological polar surface area (TPSA) is 135 Å². The van der Waals surface area contributed by atoms with Gasteiger partial charge in [-0.25, -0.2) is 4.98 Å². The molecule has 1 aromatic carbocycles. The van der Waals surface area contributed by atoms with Crippen molar-refractivity contribution in [3.63, 3.8) is 0 Å². The van der Waals surface area contributed by atoms with Crippen molar-refractivity contribution in [2.75, 3.05) is 0 Å². The molecule has 0 N–H and O–H groups in total. The first kappa shape index (κ1) is 21.0. The molecule has 0 amide bonds. The summed E-state index contributed by atoms with van der Waals surface area (Å²) in [5.41, 5.74) is -2.02. The quantitative estimate of drug-likeness (QED) is 0.313. The zero-order valence-corrected chi connectivity index (χ0v) is 17.2. The number of aromatic nitrogens is 1. The van der Waals surface area contributed by atoms with Gasteiger partial charge in [-0.15, -0.1) is 11.3 Å². The molecule has 1 fully saturated rings. The zero-order chi connectivity index (χ0) is 21.7. The molecule has 152 valence electrons. The Kier molecular flexibility index (Phi) is 5.05. The number of hydrogen-bond acceptors (Lipinski definition) is 9. The number of benzene rings is 1. The molecule has 12 heteroatoms. The Hall–Kier alpha value is -2.70. The Bertz CT molecular complexity index is 1020.